The fraction of sp³-hybridized carbons (Fsp3) is 0.636. The highest BCUT2D eigenvalue weighted by molar-refractivity contribution is 5.10. The van der Waals surface area contributed by atoms with Crippen LogP contribution in [0.4, 0.5) is 4.39 Å². The molecule has 0 saturated heterocycles. The van der Waals surface area contributed by atoms with Gasteiger partial charge in [0.2, 0.25) is 11.7 Å². The minimum atomic E-state index is -1.32. The summed E-state index contributed by atoms with van der Waals surface area (Å²) >= 11 is 0. The number of nitrogens with one attached hydrogen (secondary N) is 1. The molecule has 5 nitrogen and oxygen atoms in total. The zero-order valence-corrected chi connectivity index (χ0v) is 10.2. The van der Waals surface area contributed by atoms with Crippen molar-refractivity contribution in [1.82, 2.24) is 9.55 Å². The molecule has 1 unspecified atom stereocenters. The number of hydrogen-bond donors (Lipinski definition) is 2. The van der Waals surface area contributed by atoms with Crippen LogP contribution in [0, 0.1) is 11.7 Å². The van der Waals surface area contributed by atoms with Gasteiger partial charge in [-0.05, 0) is 12.8 Å². The van der Waals surface area contributed by atoms with Crippen molar-refractivity contribution in [3.05, 3.63) is 26.7 Å². The molecule has 1 aromatic rings. The van der Waals surface area contributed by atoms with E-state index in [2.05, 4.69) is 0 Å². The highest BCUT2D eigenvalue weighted by Gasteiger charge is 2.22. The molecular weight excluding hydrogens is 227 g/mol. The van der Waals surface area contributed by atoms with Gasteiger partial charge in [-0.15, -0.1) is 0 Å². The summed E-state index contributed by atoms with van der Waals surface area (Å²) in [6, 6.07) is -0.371. The van der Waals surface area contributed by atoms with Crippen molar-refractivity contribution in [1.29, 1.82) is 0 Å². The van der Waals surface area contributed by atoms with E-state index in [0.29, 0.717) is 0 Å². The monoisotopic (exact) mass is 244 g/mol. The van der Waals surface area contributed by atoms with E-state index in [4.69, 9.17) is 0 Å². The van der Waals surface area contributed by atoms with Gasteiger partial charge in [-0.2, -0.15) is 4.39 Å². The van der Waals surface area contributed by atoms with Gasteiger partial charge in [0, 0.05) is 6.04 Å². The molecule has 17 heavy (non-hydrogen) atoms. The molecule has 0 radical (unpaired) electrons. The Kier molecular flexibility index (Phi) is 4.09. The normalized spacial score (nSPS) is 13.0. The van der Waals surface area contributed by atoms with E-state index >= 15 is 0 Å². The molecule has 0 amide bonds. The van der Waals surface area contributed by atoms with Gasteiger partial charge in [0.1, 0.15) is 0 Å². The molecular formula is C11H17FN2O3. The van der Waals surface area contributed by atoms with Crippen molar-refractivity contribution in [3.8, 4) is 5.88 Å². The Morgan fingerprint density at radius 2 is 1.88 bits per heavy atom. The molecule has 0 bridgehead atoms. The largest absolute Gasteiger partial charge is 0.492 e. The van der Waals surface area contributed by atoms with Crippen molar-refractivity contribution in [2.45, 2.75) is 39.7 Å². The highest BCUT2D eigenvalue weighted by Crippen LogP contribution is 2.26. The highest BCUT2D eigenvalue weighted by atomic mass is 19.1. The molecule has 0 aliphatic carbocycles. The predicted octanol–water partition coefficient (Wildman–Crippen LogP) is 1.38. The van der Waals surface area contributed by atoms with Gasteiger partial charge in [-0.3, -0.25) is 14.3 Å². The number of aromatic amines is 1. The van der Waals surface area contributed by atoms with Crippen LogP contribution in [0.25, 0.3) is 0 Å². The lowest BCUT2D eigenvalue weighted by atomic mass is 9.95. The van der Waals surface area contributed by atoms with Gasteiger partial charge in [-0.1, -0.05) is 26.7 Å². The van der Waals surface area contributed by atoms with Gasteiger partial charge in [-0.25, -0.2) is 4.79 Å². The second-order valence-electron chi connectivity index (χ2n) is 4.08. The molecule has 0 aliphatic rings. The van der Waals surface area contributed by atoms with E-state index in [-0.39, 0.29) is 12.0 Å². The summed E-state index contributed by atoms with van der Waals surface area (Å²) in [4.78, 5) is 24.4. The van der Waals surface area contributed by atoms with Crippen LogP contribution in [0.3, 0.4) is 0 Å². The van der Waals surface area contributed by atoms with Crippen molar-refractivity contribution in [3.63, 3.8) is 0 Å². The predicted molar refractivity (Wildman–Crippen MR) is 61.7 cm³/mol. The lowest BCUT2D eigenvalue weighted by Crippen LogP contribution is -2.35. The van der Waals surface area contributed by atoms with Crippen molar-refractivity contribution >= 4 is 0 Å². The topological polar surface area (TPSA) is 75.1 Å². The molecule has 0 spiro atoms. The Hall–Kier alpha value is -1.59. The number of halogens is 1. The fourth-order valence-electron chi connectivity index (χ4n) is 2.08. The smallest absolute Gasteiger partial charge is 0.331 e. The minimum absolute atomic E-state index is 0.129. The Morgan fingerprint density at radius 3 is 2.35 bits per heavy atom. The molecule has 1 rings (SSSR count). The number of rotatable bonds is 4. The van der Waals surface area contributed by atoms with Gasteiger partial charge < -0.3 is 5.11 Å². The zero-order chi connectivity index (χ0) is 13.2. The Labute approximate surface area is 97.9 Å². The van der Waals surface area contributed by atoms with Gasteiger partial charge >= 0.3 is 5.69 Å². The summed E-state index contributed by atoms with van der Waals surface area (Å²) in [6.45, 7) is 5.63. The van der Waals surface area contributed by atoms with Crippen LogP contribution in [0.5, 0.6) is 5.88 Å². The molecule has 0 aromatic carbocycles. The summed E-state index contributed by atoms with van der Waals surface area (Å²) in [6.07, 6.45) is 1.59. The van der Waals surface area contributed by atoms with Gasteiger partial charge in [0.15, 0.2) is 0 Å². The summed E-state index contributed by atoms with van der Waals surface area (Å²) in [5.74, 6) is -2.08. The van der Waals surface area contributed by atoms with Crippen LogP contribution in [0.1, 0.15) is 39.7 Å². The van der Waals surface area contributed by atoms with E-state index in [1.165, 1.54) is 0 Å². The Bertz CT molecular complexity index is 502. The first-order valence-electron chi connectivity index (χ1n) is 5.67. The van der Waals surface area contributed by atoms with Gasteiger partial charge in [0.25, 0.3) is 5.56 Å². The second kappa shape index (κ2) is 5.16. The van der Waals surface area contributed by atoms with Crippen molar-refractivity contribution < 1.29 is 9.50 Å². The number of hydrogen-bond acceptors (Lipinski definition) is 3. The molecule has 0 aliphatic heterocycles. The third-order valence-corrected chi connectivity index (χ3v) is 3.20. The molecule has 0 saturated carbocycles. The zero-order valence-electron chi connectivity index (χ0n) is 10.2. The van der Waals surface area contributed by atoms with E-state index in [0.717, 1.165) is 17.4 Å². The maximum atomic E-state index is 13.2. The SMILES string of the molecule is CCC(CC)C(C)n1c(O)c(F)c(=O)[nH]c1=O. The quantitative estimate of drug-likeness (QED) is 0.840. The van der Waals surface area contributed by atoms with E-state index in [9.17, 15) is 19.1 Å². The minimum Gasteiger partial charge on any atom is -0.492 e. The second-order valence-corrected chi connectivity index (χ2v) is 4.08. The lowest BCUT2D eigenvalue weighted by molar-refractivity contribution is 0.272. The summed E-state index contributed by atoms with van der Waals surface area (Å²) in [5, 5.41) is 9.54. The number of H-pyrrole nitrogens is 1. The standard InChI is InChI=1S/C11H17FN2O3/c1-4-7(5-2)6(3)14-10(16)8(12)9(15)13-11(14)17/h6-7,16H,4-5H2,1-3H3,(H,13,15,17). The maximum absolute atomic E-state index is 13.2. The van der Waals surface area contributed by atoms with Crippen LogP contribution in [0.2, 0.25) is 0 Å². The Balaban J connectivity index is 3.37. The van der Waals surface area contributed by atoms with E-state index in [1.807, 2.05) is 18.8 Å². The third-order valence-electron chi connectivity index (χ3n) is 3.20. The molecule has 1 aromatic heterocycles. The average Bonchev–Trinajstić information content (AvgIpc) is 2.28. The summed E-state index contributed by atoms with van der Waals surface area (Å²) in [7, 11) is 0. The molecule has 96 valence electrons. The van der Waals surface area contributed by atoms with Crippen LogP contribution in [-0.4, -0.2) is 14.7 Å². The lowest BCUT2D eigenvalue weighted by Gasteiger charge is -2.23. The molecule has 0 fully saturated rings. The number of nitrogens with zero attached hydrogens (tertiary/aromatic N) is 1. The first kappa shape index (κ1) is 13.5. The van der Waals surface area contributed by atoms with Crippen LogP contribution >= 0.6 is 0 Å². The van der Waals surface area contributed by atoms with Crippen LogP contribution in [-0.2, 0) is 0 Å². The summed E-state index contributed by atoms with van der Waals surface area (Å²) < 4.78 is 14.1. The van der Waals surface area contributed by atoms with E-state index < -0.39 is 22.9 Å². The van der Waals surface area contributed by atoms with Crippen LogP contribution in [0.15, 0.2) is 9.59 Å². The van der Waals surface area contributed by atoms with Crippen LogP contribution < -0.4 is 11.2 Å². The molecule has 2 N–H and O–H groups in total. The van der Waals surface area contributed by atoms with Gasteiger partial charge in [0.05, 0.1) is 0 Å². The fourth-order valence-corrected chi connectivity index (χ4v) is 2.08. The molecule has 6 heteroatoms. The first-order valence-corrected chi connectivity index (χ1v) is 5.67. The first-order chi connectivity index (χ1) is 7.93. The summed E-state index contributed by atoms with van der Waals surface area (Å²) in [5.41, 5.74) is -1.98. The van der Waals surface area contributed by atoms with Crippen molar-refractivity contribution in [2.24, 2.45) is 5.92 Å². The number of aromatic hydroxyl groups is 1. The van der Waals surface area contributed by atoms with Crippen molar-refractivity contribution in [2.75, 3.05) is 0 Å². The molecule has 1 atom stereocenters. The van der Waals surface area contributed by atoms with E-state index in [1.54, 1.807) is 6.92 Å². The third kappa shape index (κ3) is 2.40. The maximum Gasteiger partial charge on any atom is 0.331 e. The number of aromatic nitrogens is 2. The average molecular weight is 244 g/mol. The Morgan fingerprint density at radius 1 is 1.35 bits per heavy atom. The molecule has 1 heterocycles.